The van der Waals surface area contributed by atoms with Gasteiger partial charge in [-0.1, -0.05) is 11.8 Å². The van der Waals surface area contributed by atoms with Crippen LogP contribution in [-0.2, 0) is 0 Å². The van der Waals surface area contributed by atoms with Crippen molar-refractivity contribution >= 4 is 44.0 Å². The lowest BCUT2D eigenvalue weighted by atomic mass is 10.2. The zero-order valence-electron chi connectivity index (χ0n) is 8.93. The van der Waals surface area contributed by atoms with E-state index in [9.17, 15) is 0 Å². The molecular formula is C12H12N2S2. The summed E-state index contributed by atoms with van der Waals surface area (Å²) >= 11 is 3.57. The minimum absolute atomic E-state index is 0.442. The quantitative estimate of drug-likeness (QED) is 0.830. The van der Waals surface area contributed by atoms with Crippen LogP contribution in [0.4, 0.5) is 5.69 Å². The lowest BCUT2D eigenvalue weighted by molar-refractivity contribution is 0.865. The Morgan fingerprint density at radius 2 is 2.31 bits per heavy atom. The average Bonchev–Trinajstić information content (AvgIpc) is 2.87. The lowest BCUT2D eigenvalue weighted by Crippen LogP contribution is -2.04. The van der Waals surface area contributed by atoms with Gasteiger partial charge in [-0.25, -0.2) is 0 Å². The van der Waals surface area contributed by atoms with Crippen molar-refractivity contribution in [1.29, 1.82) is 0 Å². The van der Waals surface area contributed by atoms with Gasteiger partial charge in [0.25, 0.3) is 0 Å². The van der Waals surface area contributed by atoms with Crippen molar-refractivity contribution in [2.45, 2.75) is 13.0 Å². The molecule has 82 valence electrons. The molecule has 2 aromatic rings. The first-order valence-electron chi connectivity index (χ1n) is 5.26. The zero-order chi connectivity index (χ0) is 11.0. The van der Waals surface area contributed by atoms with Gasteiger partial charge >= 0.3 is 0 Å². The molecule has 0 amide bonds. The van der Waals surface area contributed by atoms with E-state index in [4.69, 9.17) is 0 Å². The third-order valence-electron chi connectivity index (χ3n) is 2.50. The number of fused-ring (bicyclic) bond motifs is 1. The maximum atomic E-state index is 4.52. The van der Waals surface area contributed by atoms with Crippen molar-refractivity contribution in [1.82, 2.24) is 0 Å². The van der Waals surface area contributed by atoms with Crippen LogP contribution < -0.4 is 5.32 Å². The maximum Gasteiger partial charge on any atom is 0.161 e. The molecule has 1 aliphatic rings. The lowest BCUT2D eigenvalue weighted by Gasteiger charge is -2.04. The summed E-state index contributed by atoms with van der Waals surface area (Å²) in [6.45, 7) is 2.14. The van der Waals surface area contributed by atoms with Crippen molar-refractivity contribution in [3.63, 3.8) is 0 Å². The van der Waals surface area contributed by atoms with Gasteiger partial charge in [0.1, 0.15) is 0 Å². The van der Waals surface area contributed by atoms with Crippen LogP contribution in [0.25, 0.3) is 10.1 Å². The second kappa shape index (κ2) is 4.11. The molecule has 0 aliphatic carbocycles. The second-order valence-electron chi connectivity index (χ2n) is 3.89. The van der Waals surface area contributed by atoms with Gasteiger partial charge in [-0.05, 0) is 42.0 Å². The zero-order valence-corrected chi connectivity index (χ0v) is 10.6. The Balaban J connectivity index is 1.86. The summed E-state index contributed by atoms with van der Waals surface area (Å²) in [7, 11) is 0. The first-order chi connectivity index (χ1) is 7.81. The fourth-order valence-electron chi connectivity index (χ4n) is 1.71. The molecule has 0 radical (unpaired) electrons. The summed E-state index contributed by atoms with van der Waals surface area (Å²) in [5.41, 5.74) is 1.13. The third kappa shape index (κ3) is 1.95. The predicted octanol–water partition coefficient (Wildman–Crippen LogP) is 3.80. The van der Waals surface area contributed by atoms with Gasteiger partial charge in [0, 0.05) is 16.1 Å². The number of rotatable bonds is 1. The summed E-state index contributed by atoms with van der Waals surface area (Å²) < 4.78 is 1.33. The highest BCUT2D eigenvalue weighted by molar-refractivity contribution is 8.14. The molecule has 0 saturated carbocycles. The van der Waals surface area contributed by atoms with Crippen molar-refractivity contribution < 1.29 is 0 Å². The molecule has 1 N–H and O–H groups in total. The van der Waals surface area contributed by atoms with Crippen LogP contribution in [0.5, 0.6) is 0 Å². The van der Waals surface area contributed by atoms with E-state index < -0.39 is 0 Å². The van der Waals surface area contributed by atoms with Crippen molar-refractivity contribution in [3.8, 4) is 0 Å². The standard InChI is InChI=1S/C12H12N2S2/c1-8-7-16-12(13-8)14-10-2-3-11-9(6-10)4-5-15-11/h2-6,8H,7H2,1H3,(H,13,14). The fraction of sp³-hybridized carbons (Fsp3) is 0.250. The van der Waals surface area contributed by atoms with Crippen LogP contribution in [0.1, 0.15) is 6.92 Å². The maximum absolute atomic E-state index is 4.52. The van der Waals surface area contributed by atoms with E-state index in [0.29, 0.717) is 6.04 Å². The van der Waals surface area contributed by atoms with Crippen molar-refractivity contribution in [3.05, 3.63) is 29.6 Å². The SMILES string of the molecule is CC1CSC(Nc2ccc3sccc3c2)=N1. The third-order valence-corrected chi connectivity index (χ3v) is 4.53. The number of nitrogens with one attached hydrogen (secondary N) is 1. The van der Waals surface area contributed by atoms with Crippen molar-refractivity contribution in [2.24, 2.45) is 4.99 Å². The Kier molecular flexibility index (Phi) is 2.61. The van der Waals surface area contributed by atoms with Crippen LogP contribution in [0.2, 0.25) is 0 Å². The molecule has 1 atom stereocenters. The molecule has 1 aromatic heterocycles. The minimum atomic E-state index is 0.442. The molecule has 2 heterocycles. The fourth-order valence-corrected chi connectivity index (χ4v) is 3.40. The number of aliphatic imine (C=N–C) groups is 1. The number of hydrogen-bond acceptors (Lipinski definition) is 4. The predicted molar refractivity (Wildman–Crippen MR) is 74.8 cm³/mol. The number of benzene rings is 1. The van der Waals surface area contributed by atoms with E-state index in [-0.39, 0.29) is 0 Å². The summed E-state index contributed by atoms with van der Waals surface area (Å²) in [5, 5.41) is 7.84. The molecule has 1 unspecified atom stereocenters. The van der Waals surface area contributed by atoms with Gasteiger partial charge in [-0.15, -0.1) is 11.3 Å². The summed E-state index contributed by atoms with van der Waals surface area (Å²) in [5.74, 6) is 1.09. The summed E-state index contributed by atoms with van der Waals surface area (Å²) in [4.78, 5) is 4.52. The van der Waals surface area contributed by atoms with Crippen molar-refractivity contribution in [2.75, 3.05) is 11.1 Å². The van der Waals surface area contributed by atoms with E-state index in [1.54, 1.807) is 23.1 Å². The van der Waals surface area contributed by atoms with Gasteiger partial charge in [0.05, 0.1) is 6.04 Å². The van der Waals surface area contributed by atoms with Gasteiger partial charge < -0.3 is 5.32 Å². The summed E-state index contributed by atoms with van der Waals surface area (Å²) in [6.07, 6.45) is 0. The van der Waals surface area contributed by atoms with Crippen LogP contribution >= 0.6 is 23.1 Å². The minimum Gasteiger partial charge on any atom is -0.335 e. The number of anilines is 1. The molecule has 0 bridgehead atoms. The van der Waals surface area contributed by atoms with E-state index >= 15 is 0 Å². The Hall–Kier alpha value is -1.00. The molecule has 4 heteroatoms. The van der Waals surface area contributed by atoms with Gasteiger partial charge in [0.15, 0.2) is 5.17 Å². The molecule has 0 saturated heterocycles. The highest BCUT2D eigenvalue weighted by Crippen LogP contribution is 2.26. The number of thioether (sulfide) groups is 1. The normalized spacial score (nSPS) is 20.1. The number of thiophene rings is 1. The molecule has 1 aromatic carbocycles. The highest BCUT2D eigenvalue weighted by atomic mass is 32.2. The Labute approximate surface area is 103 Å². The second-order valence-corrected chi connectivity index (χ2v) is 5.85. The molecule has 0 spiro atoms. The van der Waals surface area contributed by atoms with Gasteiger partial charge in [-0.2, -0.15) is 0 Å². The van der Waals surface area contributed by atoms with E-state index in [0.717, 1.165) is 16.6 Å². The summed E-state index contributed by atoms with van der Waals surface area (Å²) in [6, 6.07) is 9.05. The molecule has 0 fully saturated rings. The topological polar surface area (TPSA) is 24.4 Å². The molecular weight excluding hydrogens is 236 g/mol. The largest absolute Gasteiger partial charge is 0.335 e. The Morgan fingerprint density at radius 3 is 3.12 bits per heavy atom. The molecule has 16 heavy (non-hydrogen) atoms. The van der Waals surface area contributed by atoms with E-state index in [1.807, 2.05) is 0 Å². The van der Waals surface area contributed by atoms with Crippen LogP contribution in [-0.4, -0.2) is 17.0 Å². The van der Waals surface area contributed by atoms with Crippen LogP contribution in [0.15, 0.2) is 34.6 Å². The molecule has 1 aliphatic heterocycles. The highest BCUT2D eigenvalue weighted by Gasteiger charge is 2.13. The Bertz CT molecular complexity index is 545. The first kappa shape index (κ1) is 10.2. The van der Waals surface area contributed by atoms with Gasteiger partial charge in [-0.3, -0.25) is 4.99 Å². The number of amidine groups is 1. The monoisotopic (exact) mass is 248 g/mol. The van der Waals surface area contributed by atoms with E-state index in [2.05, 4.69) is 46.9 Å². The number of hydrogen-bond donors (Lipinski definition) is 1. The van der Waals surface area contributed by atoms with Gasteiger partial charge in [0.2, 0.25) is 0 Å². The van der Waals surface area contributed by atoms with Crippen LogP contribution in [0.3, 0.4) is 0 Å². The molecule has 3 rings (SSSR count). The van der Waals surface area contributed by atoms with E-state index in [1.165, 1.54) is 10.1 Å². The molecule has 2 nitrogen and oxygen atoms in total. The van der Waals surface area contributed by atoms with Crippen LogP contribution in [0, 0.1) is 0 Å². The smallest absolute Gasteiger partial charge is 0.161 e. The average molecular weight is 248 g/mol. The number of nitrogens with zero attached hydrogens (tertiary/aromatic N) is 1. The Morgan fingerprint density at radius 1 is 1.38 bits per heavy atom. The first-order valence-corrected chi connectivity index (χ1v) is 7.13.